The summed E-state index contributed by atoms with van der Waals surface area (Å²) in [6.07, 6.45) is 0. The number of aromatic hydroxyl groups is 2. The van der Waals surface area contributed by atoms with Gasteiger partial charge in [-0.3, -0.25) is 9.59 Å². The molecule has 1 heterocycles. The van der Waals surface area contributed by atoms with E-state index < -0.39 is 0 Å². The molecule has 0 unspecified atom stereocenters. The Morgan fingerprint density at radius 3 is 2.47 bits per heavy atom. The number of phenolic OH excluding ortho intramolecular Hbond substituents is 2. The van der Waals surface area contributed by atoms with Gasteiger partial charge in [0.05, 0.1) is 6.54 Å². The summed E-state index contributed by atoms with van der Waals surface area (Å²) in [4.78, 5) is 24.5. The smallest absolute Gasteiger partial charge is 0.254 e. The molecule has 0 spiro atoms. The Morgan fingerprint density at radius 1 is 1.24 bits per heavy atom. The van der Waals surface area contributed by atoms with Gasteiger partial charge < -0.3 is 20.4 Å². The molecule has 17 heavy (non-hydrogen) atoms. The summed E-state index contributed by atoms with van der Waals surface area (Å²) < 4.78 is 0. The lowest BCUT2D eigenvalue weighted by atomic mass is 10.1. The molecule has 6 nitrogen and oxygen atoms in total. The summed E-state index contributed by atoms with van der Waals surface area (Å²) in [6.45, 7) is 0.825. The third-order valence-electron chi connectivity index (χ3n) is 2.48. The summed E-state index contributed by atoms with van der Waals surface area (Å²) in [5, 5.41) is 21.2. The molecule has 0 aromatic heterocycles. The van der Waals surface area contributed by atoms with E-state index >= 15 is 0 Å². The first-order valence-corrected chi connectivity index (χ1v) is 5.15. The molecule has 1 aliphatic heterocycles. The molecule has 0 radical (unpaired) electrons. The van der Waals surface area contributed by atoms with Crippen LogP contribution in [0.2, 0.25) is 0 Å². The fourth-order valence-electron chi connectivity index (χ4n) is 1.71. The van der Waals surface area contributed by atoms with E-state index in [0.29, 0.717) is 13.1 Å². The molecule has 3 N–H and O–H groups in total. The van der Waals surface area contributed by atoms with Gasteiger partial charge >= 0.3 is 0 Å². The average molecular weight is 236 g/mol. The van der Waals surface area contributed by atoms with Crippen molar-refractivity contribution in [2.45, 2.75) is 0 Å². The molecule has 2 rings (SSSR count). The molecule has 1 aromatic rings. The van der Waals surface area contributed by atoms with E-state index in [9.17, 15) is 19.8 Å². The van der Waals surface area contributed by atoms with Gasteiger partial charge in [-0.15, -0.1) is 0 Å². The number of hydrogen-bond donors (Lipinski definition) is 3. The van der Waals surface area contributed by atoms with Crippen LogP contribution in [0.4, 0.5) is 0 Å². The first-order valence-electron chi connectivity index (χ1n) is 5.15. The zero-order valence-corrected chi connectivity index (χ0v) is 9.01. The van der Waals surface area contributed by atoms with E-state index in [4.69, 9.17) is 0 Å². The number of rotatable bonds is 1. The Kier molecular flexibility index (Phi) is 2.86. The van der Waals surface area contributed by atoms with E-state index in [1.54, 1.807) is 0 Å². The number of nitrogens with one attached hydrogen (secondary N) is 1. The van der Waals surface area contributed by atoms with Gasteiger partial charge in [0.2, 0.25) is 5.91 Å². The summed E-state index contributed by atoms with van der Waals surface area (Å²) >= 11 is 0. The van der Waals surface area contributed by atoms with Gasteiger partial charge in [0.15, 0.2) is 0 Å². The van der Waals surface area contributed by atoms with Crippen molar-refractivity contribution in [3.05, 3.63) is 23.8 Å². The molecule has 0 atom stereocenters. The first kappa shape index (κ1) is 11.3. The van der Waals surface area contributed by atoms with Crippen molar-refractivity contribution in [2.75, 3.05) is 19.6 Å². The minimum absolute atomic E-state index is 0.00471. The molecule has 1 fully saturated rings. The van der Waals surface area contributed by atoms with Gasteiger partial charge in [0.1, 0.15) is 11.5 Å². The van der Waals surface area contributed by atoms with Crippen LogP contribution >= 0.6 is 0 Å². The molecule has 6 heteroatoms. The van der Waals surface area contributed by atoms with E-state index in [1.807, 2.05) is 0 Å². The highest BCUT2D eigenvalue weighted by Gasteiger charge is 2.22. The summed E-state index contributed by atoms with van der Waals surface area (Å²) in [6, 6.07) is 3.66. The normalized spacial score (nSPS) is 15.5. The third-order valence-corrected chi connectivity index (χ3v) is 2.48. The monoisotopic (exact) mass is 236 g/mol. The van der Waals surface area contributed by atoms with Crippen LogP contribution in [0.1, 0.15) is 10.4 Å². The van der Waals surface area contributed by atoms with Gasteiger partial charge in [0.25, 0.3) is 5.91 Å². The van der Waals surface area contributed by atoms with Crippen LogP contribution in [0.3, 0.4) is 0 Å². The highest BCUT2D eigenvalue weighted by atomic mass is 16.3. The lowest BCUT2D eigenvalue weighted by molar-refractivity contribution is -0.123. The van der Waals surface area contributed by atoms with Crippen molar-refractivity contribution in [2.24, 2.45) is 0 Å². The molecule has 2 amide bonds. The van der Waals surface area contributed by atoms with Crippen LogP contribution in [0.25, 0.3) is 0 Å². The standard InChI is InChI=1S/C11H12N2O4/c14-8-3-7(4-9(15)5-8)11(17)13-2-1-12-10(16)6-13/h3-5,14-15H,1-2,6H2,(H,12,16). The Morgan fingerprint density at radius 2 is 1.88 bits per heavy atom. The lowest BCUT2D eigenvalue weighted by Crippen LogP contribution is -2.49. The fraction of sp³-hybridized carbons (Fsp3) is 0.273. The Labute approximate surface area is 97.5 Å². The Balaban J connectivity index is 2.21. The predicted molar refractivity (Wildman–Crippen MR) is 58.7 cm³/mol. The summed E-state index contributed by atoms with van der Waals surface area (Å²) in [5.74, 6) is -0.968. The Hall–Kier alpha value is -2.24. The summed E-state index contributed by atoms with van der Waals surface area (Å²) in [5.41, 5.74) is 0.164. The largest absolute Gasteiger partial charge is 0.508 e. The van der Waals surface area contributed by atoms with Crippen LogP contribution in [-0.4, -0.2) is 46.6 Å². The molecule has 0 bridgehead atoms. The molecular weight excluding hydrogens is 224 g/mol. The van der Waals surface area contributed by atoms with Crippen molar-refractivity contribution in [1.82, 2.24) is 10.2 Å². The number of carbonyl (C=O) groups is 2. The van der Waals surface area contributed by atoms with Crippen LogP contribution in [0, 0.1) is 0 Å². The van der Waals surface area contributed by atoms with Crippen molar-refractivity contribution in [3.8, 4) is 11.5 Å². The van der Waals surface area contributed by atoms with E-state index in [-0.39, 0.29) is 35.4 Å². The number of amides is 2. The maximum absolute atomic E-state index is 12.0. The summed E-state index contributed by atoms with van der Waals surface area (Å²) in [7, 11) is 0. The molecule has 90 valence electrons. The lowest BCUT2D eigenvalue weighted by Gasteiger charge is -2.26. The van der Waals surface area contributed by atoms with Crippen molar-refractivity contribution < 1.29 is 19.8 Å². The first-order chi connectivity index (χ1) is 8.06. The van der Waals surface area contributed by atoms with E-state index in [2.05, 4.69) is 5.32 Å². The minimum atomic E-state index is -0.383. The molecule has 0 aliphatic carbocycles. The van der Waals surface area contributed by atoms with Crippen molar-refractivity contribution in [1.29, 1.82) is 0 Å². The topological polar surface area (TPSA) is 89.9 Å². The van der Waals surface area contributed by atoms with Gasteiger partial charge in [-0.25, -0.2) is 0 Å². The van der Waals surface area contributed by atoms with Crippen LogP contribution in [0.15, 0.2) is 18.2 Å². The second-order valence-electron chi connectivity index (χ2n) is 3.81. The molecule has 1 aromatic carbocycles. The zero-order chi connectivity index (χ0) is 12.4. The minimum Gasteiger partial charge on any atom is -0.508 e. The second kappa shape index (κ2) is 4.32. The van der Waals surface area contributed by atoms with Crippen LogP contribution in [0.5, 0.6) is 11.5 Å². The number of hydrogen-bond acceptors (Lipinski definition) is 4. The predicted octanol–water partition coefficient (Wildman–Crippen LogP) is -0.330. The van der Waals surface area contributed by atoms with Gasteiger partial charge in [-0.1, -0.05) is 0 Å². The molecular formula is C11H12N2O4. The number of carbonyl (C=O) groups excluding carboxylic acids is 2. The van der Waals surface area contributed by atoms with Crippen LogP contribution < -0.4 is 5.32 Å². The maximum Gasteiger partial charge on any atom is 0.254 e. The van der Waals surface area contributed by atoms with Crippen LogP contribution in [-0.2, 0) is 4.79 Å². The quantitative estimate of drug-likeness (QED) is 0.622. The number of phenols is 2. The van der Waals surface area contributed by atoms with Gasteiger partial charge in [0, 0.05) is 24.7 Å². The second-order valence-corrected chi connectivity index (χ2v) is 3.81. The average Bonchev–Trinajstić information content (AvgIpc) is 2.26. The highest BCUT2D eigenvalue weighted by Crippen LogP contribution is 2.21. The van der Waals surface area contributed by atoms with Crippen molar-refractivity contribution >= 4 is 11.8 Å². The van der Waals surface area contributed by atoms with E-state index in [1.165, 1.54) is 17.0 Å². The van der Waals surface area contributed by atoms with E-state index in [0.717, 1.165) is 6.07 Å². The number of nitrogens with zero attached hydrogens (tertiary/aromatic N) is 1. The van der Waals surface area contributed by atoms with Gasteiger partial charge in [-0.2, -0.15) is 0 Å². The SMILES string of the molecule is O=C1CN(C(=O)c2cc(O)cc(O)c2)CCN1. The molecule has 1 aliphatic rings. The number of benzene rings is 1. The molecule has 1 saturated heterocycles. The third kappa shape index (κ3) is 2.47. The Bertz CT molecular complexity index is 452. The highest BCUT2D eigenvalue weighted by molar-refractivity contribution is 5.97. The fourth-order valence-corrected chi connectivity index (χ4v) is 1.71. The van der Waals surface area contributed by atoms with Gasteiger partial charge in [-0.05, 0) is 12.1 Å². The zero-order valence-electron chi connectivity index (χ0n) is 9.01. The number of piperazine rings is 1. The maximum atomic E-state index is 12.0. The molecule has 0 saturated carbocycles. The van der Waals surface area contributed by atoms with Crippen molar-refractivity contribution in [3.63, 3.8) is 0 Å².